The van der Waals surface area contributed by atoms with Crippen molar-refractivity contribution in [3.63, 3.8) is 0 Å². The van der Waals surface area contributed by atoms with E-state index in [1.807, 2.05) is 0 Å². The van der Waals surface area contributed by atoms with Crippen LogP contribution in [0.1, 0.15) is 19.4 Å². The Morgan fingerprint density at radius 2 is 1.71 bits per heavy atom. The second kappa shape index (κ2) is 3.83. The smallest absolute Gasteiger partial charge is 0.130 e. The van der Waals surface area contributed by atoms with Gasteiger partial charge in [0.15, 0.2) is 0 Å². The molecule has 1 rings (SSSR count). The van der Waals surface area contributed by atoms with E-state index in [0.29, 0.717) is 0 Å². The topological polar surface area (TPSA) is 26.0 Å². The van der Waals surface area contributed by atoms with Gasteiger partial charge in [-0.15, -0.1) is 0 Å². The largest absolute Gasteiger partial charge is 0.325 e. The van der Waals surface area contributed by atoms with Crippen molar-refractivity contribution in [2.75, 3.05) is 0 Å². The van der Waals surface area contributed by atoms with Crippen molar-refractivity contribution in [1.82, 2.24) is 0 Å². The Hall–Kier alpha value is -0.670. The molecule has 0 heterocycles. The average molecular weight is 220 g/mol. The van der Waals surface area contributed by atoms with Crippen LogP contribution in [0.3, 0.4) is 0 Å². The lowest BCUT2D eigenvalue weighted by Crippen LogP contribution is -2.35. The van der Waals surface area contributed by atoms with E-state index in [4.69, 9.17) is 17.3 Å². The Kier molecular flexibility index (Phi) is 3.12. The first-order chi connectivity index (χ1) is 6.29. The second-order valence-corrected chi connectivity index (χ2v) is 4.45. The minimum absolute atomic E-state index is 0.0121. The molecule has 0 aliphatic heterocycles. The maximum Gasteiger partial charge on any atom is 0.130 e. The van der Waals surface area contributed by atoms with Crippen LogP contribution in [0.4, 0.5) is 8.78 Å². The van der Waals surface area contributed by atoms with Crippen LogP contribution in [0.2, 0.25) is 5.02 Å². The number of benzene rings is 1. The van der Waals surface area contributed by atoms with Gasteiger partial charge in [-0.25, -0.2) is 8.78 Å². The van der Waals surface area contributed by atoms with E-state index in [1.54, 1.807) is 13.8 Å². The first kappa shape index (κ1) is 11.4. The molecule has 0 aliphatic rings. The van der Waals surface area contributed by atoms with Gasteiger partial charge in [0, 0.05) is 16.1 Å². The van der Waals surface area contributed by atoms with Crippen LogP contribution in [0.25, 0.3) is 0 Å². The molecule has 0 saturated heterocycles. The summed E-state index contributed by atoms with van der Waals surface area (Å²) in [5.41, 5.74) is 5.02. The summed E-state index contributed by atoms with van der Waals surface area (Å²) in [7, 11) is 0. The molecule has 0 radical (unpaired) electrons. The number of hydrogen-bond donors (Lipinski definition) is 1. The third-order valence-corrected chi connectivity index (χ3v) is 1.96. The van der Waals surface area contributed by atoms with Crippen LogP contribution < -0.4 is 5.73 Å². The summed E-state index contributed by atoms with van der Waals surface area (Å²) in [5, 5.41) is 0.0542. The Labute approximate surface area is 86.9 Å². The quantitative estimate of drug-likeness (QED) is 0.813. The maximum atomic E-state index is 13.3. The molecule has 0 saturated carbocycles. The van der Waals surface area contributed by atoms with E-state index in [0.717, 1.165) is 12.1 Å². The van der Waals surface area contributed by atoms with Gasteiger partial charge >= 0.3 is 0 Å². The van der Waals surface area contributed by atoms with Gasteiger partial charge in [0.05, 0.1) is 0 Å². The lowest BCUT2D eigenvalue weighted by molar-refractivity contribution is 0.473. The highest BCUT2D eigenvalue weighted by Gasteiger charge is 2.18. The summed E-state index contributed by atoms with van der Waals surface area (Å²) in [6.07, 6.45) is 0.141. The van der Waals surface area contributed by atoms with E-state index >= 15 is 0 Å². The van der Waals surface area contributed by atoms with Crippen molar-refractivity contribution in [3.05, 3.63) is 34.4 Å². The first-order valence-electron chi connectivity index (χ1n) is 4.22. The molecule has 0 aliphatic carbocycles. The molecule has 0 amide bonds. The van der Waals surface area contributed by atoms with Gasteiger partial charge in [0.25, 0.3) is 0 Å². The Morgan fingerprint density at radius 3 is 2.07 bits per heavy atom. The van der Waals surface area contributed by atoms with Gasteiger partial charge < -0.3 is 5.73 Å². The zero-order chi connectivity index (χ0) is 10.9. The third kappa shape index (κ3) is 2.93. The van der Waals surface area contributed by atoms with Gasteiger partial charge in [-0.1, -0.05) is 11.6 Å². The summed E-state index contributed by atoms with van der Waals surface area (Å²) in [6, 6.07) is 2.18. The molecular formula is C10H12ClF2N. The highest BCUT2D eigenvalue weighted by molar-refractivity contribution is 6.30. The fourth-order valence-corrected chi connectivity index (χ4v) is 1.39. The highest BCUT2D eigenvalue weighted by Crippen LogP contribution is 2.21. The summed E-state index contributed by atoms with van der Waals surface area (Å²) >= 11 is 5.48. The van der Waals surface area contributed by atoms with Crippen molar-refractivity contribution < 1.29 is 8.78 Å². The van der Waals surface area contributed by atoms with Crippen molar-refractivity contribution in [3.8, 4) is 0 Å². The maximum absolute atomic E-state index is 13.3. The molecule has 4 heteroatoms. The second-order valence-electron chi connectivity index (χ2n) is 4.01. The lowest BCUT2D eigenvalue weighted by atomic mass is 9.95. The minimum atomic E-state index is -0.645. The van der Waals surface area contributed by atoms with Crippen molar-refractivity contribution >= 4 is 11.6 Å². The molecule has 0 unspecified atom stereocenters. The lowest BCUT2D eigenvalue weighted by Gasteiger charge is -2.19. The van der Waals surface area contributed by atoms with Crippen LogP contribution in [0.5, 0.6) is 0 Å². The fraction of sp³-hybridized carbons (Fsp3) is 0.400. The average Bonchev–Trinajstić information content (AvgIpc) is 1.95. The number of halogens is 3. The van der Waals surface area contributed by atoms with Crippen LogP contribution in [-0.4, -0.2) is 5.54 Å². The fourth-order valence-electron chi connectivity index (χ4n) is 1.20. The van der Waals surface area contributed by atoms with E-state index in [2.05, 4.69) is 0 Å². The van der Waals surface area contributed by atoms with Gasteiger partial charge in [-0.05, 0) is 32.4 Å². The van der Waals surface area contributed by atoms with E-state index in [-0.39, 0.29) is 17.0 Å². The molecule has 78 valence electrons. The first-order valence-corrected chi connectivity index (χ1v) is 4.60. The van der Waals surface area contributed by atoms with Crippen molar-refractivity contribution in [2.45, 2.75) is 25.8 Å². The predicted octanol–water partition coefficient (Wildman–Crippen LogP) is 2.90. The molecule has 1 aromatic carbocycles. The van der Waals surface area contributed by atoms with Gasteiger partial charge in [-0.2, -0.15) is 0 Å². The van der Waals surface area contributed by atoms with Crippen molar-refractivity contribution in [1.29, 1.82) is 0 Å². The van der Waals surface area contributed by atoms with Crippen LogP contribution >= 0.6 is 11.6 Å². The number of rotatable bonds is 2. The van der Waals surface area contributed by atoms with Gasteiger partial charge in [0.2, 0.25) is 0 Å². The van der Waals surface area contributed by atoms with Crippen LogP contribution in [0.15, 0.2) is 12.1 Å². The zero-order valence-electron chi connectivity index (χ0n) is 8.07. The molecule has 14 heavy (non-hydrogen) atoms. The van der Waals surface area contributed by atoms with E-state index in [9.17, 15) is 8.78 Å². The normalized spacial score (nSPS) is 11.9. The third-order valence-electron chi connectivity index (χ3n) is 1.74. The molecule has 0 bridgehead atoms. The SMILES string of the molecule is CC(C)(N)Cc1c(F)cc(Cl)cc1F. The minimum Gasteiger partial charge on any atom is -0.325 e. The molecule has 1 aromatic rings. The van der Waals surface area contributed by atoms with Gasteiger partial charge in [0.1, 0.15) is 11.6 Å². The molecule has 0 fully saturated rings. The Morgan fingerprint density at radius 1 is 1.29 bits per heavy atom. The van der Waals surface area contributed by atoms with Gasteiger partial charge in [-0.3, -0.25) is 0 Å². The molecule has 0 atom stereocenters. The molecular weight excluding hydrogens is 208 g/mol. The number of nitrogens with two attached hydrogens (primary N) is 1. The summed E-state index contributed by atoms with van der Waals surface area (Å²) in [6.45, 7) is 3.42. The van der Waals surface area contributed by atoms with Crippen LogP contribution in [0, 0.1) is 11.6 Å². The summed E-state index contributed by atoms with van der Waals surface area (Å²) < 4.78 is 26.5. The zero-order valence-corrected chi connectivity index (χ0v) is 8.83. The standard InChI is InChI=1S/C10H12ClF2N/c1-10(2,14)5-7-8(12)3-6(11)4-9(7)13/h3-4H,5,14H2,1-2H3. The number of hydrogen-bond acceptors (Lipinski definition) is 1. The molecule has 1 nitrogen and oxygen atoms in total. The molecule has 0 spiro atoms. The Balaban J connectivity index is 3.09. The summed E-state index contributed by atoms with van der Waals surface area (Å²) in [4.78, 5) is 0. The van der Waals surface area contributed by atoms with E-state index in [1.165, 1.54) is 0 Å². The highest BCUT2D eigenvalue weighted by atomic mass is 35.5. The predicted molar refractivity (Wildman–Crippen MR) is 53.3 cm³/mol. The van der Waals surface area contributed by atoms with E-state index < -0.39 is 17.2 Å². The molecule has 2 N–H and O–H groups in total. The monoisotopic (exact) mass is 219 g/mol. The molecule has 0 aromatic heterocycles. The van der Waals surface area contributed by atoms with Crippen molar-refractivity contribution in [2.24, 2.45) is 5.73 Å². The summed E-state index contributed by atoms with van der Waals surface area (Å²) in [5.74, 6) is -1.29. The van der Waals surface area contributed by atoms with Crippen LogP contribution in [-0.2, 0) is 6.42 Å². The Bertz CT molecular complexity index is 321.